The summed E-state index contributed by atoms with van der Waals surface area (Å²) in [5.74, 6) is 0.870. The summed E-state index contributed by atoms with van der Waals surface area (Å²) < 4.78 is 0.925. The maximum atomic E-state index is 12.2. The predicted molar refractivity (Wildman–Crippen MR) is 93.0 cm³/mol. The zero-order valence-electron chi connectivity index (χ0n) is 12.9. The van der Waals surface area contributed by atoms with Crippen LogP contribution in [0.25, 0.3) is 0 Å². The number of para-hydroxylation sites is 1. The van der Waals surface area contributed by atoms with Crippen molar-refractivity contribution in [3.8, 4) is 0 Å². The molecule has 0 aromatic heterocycles. The first-order valence-electron chi connectivity index (χ1n) is 8.22. The van der Waals surface area contributed by atoms with Gasteiger partial charge >= 0.3 is 0 Å². The van der Waals surface area contributed by atoms with Gasteiger partial charge in [0.15, 0.2) is 0 Å². The number of piperidine rings is 1. The van der Waals surface area contributed by atoms with Gasteiger partial charge in [-0.15, -0.1) is 0 Å². The van der Waals surface area contributed by atoms with Crippen LogP contribution in [0, 0.1) is 5.92 Å². The van der Waals surface area contributed by atoms with E-state index in [4.69, 9.17) is 0 Å². The number of rotatable bonds is 4. The smallest absolute Gasteiger partial charge is 0.238 e. The van der Waals surface area contributed by atoms with E-state index in [2.05, 4.69) is 31.5 Å². The molecular weight excluding hydrogens is 342 g/mol. The van der Waals surface area contributed by atoms with Crippen LogP contribution < -0.4 is 10.6 Å². The molecule has 0 bridgehead atoms. The van der Waals surface area contributed by atoms with Crippen molar-refractivity contribution in [3.05, 3.63) is 28.7 Å². The predicted octanol–water partition coefficient (Wildman–Crippen LogP) is 2.85. The lowest BCUT2D eigenvalue weighted by Crippen LogP contribution is -2.43. The van der Waals surface area contributed by atoms with Crippen molar-refractivity contribution in [2.24, 2.45) is 5.92 Å². The molecule has 2 saturated heterocycles. The van der Waals surface area contributed by atoms with Gasteiger partial charge in [-0.3, -0.25) is 9.69 Å². The summed E-state index contributed by atoms with van der Waals surface area (Å²) in [6, 6.07) is 8.45. The Balaban J connectivity index is 1.44. The molecule has 2 heterocycles. The second-order valence-electron chi connectivity index (χ2n) is 6.34. The van der Waals surface area contributed by atoms with Gasteiger partial charge in [-0.05, 0) is 79.3 Å². The average Bonchev–Trinajstić information content (AvgIpc) is 3.05. The lowest BCUT2D eigenvalue weighted by Gasteiger charge is -2.34. The van der Waals surface area contributed by atoms with Gasteiger partial charge in [-0.2, -0.15) is 0 Å². The molecule has 22 heavy (non-hydrogen) atoms. The first-order valence-corrected chi connectivity index (χ1v) is 9.02. The summed E-state index contributed by atoms with van der Waals surface area (Å²) in [5, 5.41) is 6.60. The summed E-state index contributed by atoms with van der Waals surface area (Å²) >= 11 is 3.46. The molecule has 3 rings (SSSR count). The molecule has 1 amide bonds. The number of carbonyl (C=O) groups is 1. The molecule has 120 valence electrons. The van der Waals surface area contributed by atoms with Gasteiger partial charge in [0.2, 0.25) is 5.91 Å². The van der Waals surface area contributed by atoms with Gasteiger partial charge in [0, 0.05) is 10.5 Å². The van der Waals surface area contributed by atoms with E-state index in [1.165, 1.54) is 32.2 Å². The average molecular weight is 366 g/mol. The minimum atomic E-state index is 0.0735. The summed E-state index contributed by atoms with van der Waals surface area (Å²) in [5.41, 5.74) is 0.845. The molecule has 2 aliphatic heterocycles. The first kappa shape index (κ1) is 16.0. The number of hydrogen-bond donors (Lipinski definition) is 2. The van der Waals surface area contributed by atoms with E-state index < -0.39 is 0 Å². The van der Waals surface area contributed by atoms with Crippen LogP contribution in [0.5, 0.6) is 0 Å². The minimum absolute atomic E-state index is 0.0735. The SMILES string of the molecule is O=C(CN1CCC(C2CCCN2)CC1)Nc1ccccc1Br. The quantitative estimate of drug-likeness (QED) is 0.861. The summed E-state index contributed by atoms with van der Waals surface area (Å²) in [4.78, 5) is 14.5. The second kappa shape index (κ2) is 7.57. The van der Waals surface area contributed by atoms with Gasteiger partial charge in [0.1, 0.15) is 0 Å². The summed E-state index contributed by atoms with van der Waals surface area (Å²) in [6.45, 7) is 3.74. The molecular formula is C17H24BrN3O. The fourth-order valence-corrected chi connectivity index (χ4v) is 3.97. The first-order chi connectivity index (χ1) is 10.7. The molecule has 0 saturated carbocycles. The highest BCUT2D eigenvalue weighted by molar-refractivity contribution is 9.10. The highest BCUT2D eigenvalue weighted by Crippen LogP contribution is 2.26. The maximum Gasteiger partial charge on any atom is 0.238 e. The van der Waals surface area contributed by atoms with Crippen LogP contribution in [0.2, 0.25) is 0 Å². The number of nitrogens with one attached hydrogen (secondary N) is 2. The Hall–Kier alpha value is -0.910. The monoisotopic (exact) mass is 365 g/mol. The standard InChI is InChI=1S/C17H24BrN3O/c18-14-4-1-2-5-16(14)20-17(22)12-21-10-7-13(8-11-21)15-6-3-9-19-15/h1-2,4-5,13,15,19H,3,6-12H2,(H,20,22). The molecule has 2 fully saturated rings. The van der Waals surface area contributed by atoms with Crippen LogP contribution in [0.15, 0.2) is 28.7 Å². The highest BCUT2D eigenvalue weighted by atomic mass is 79.9. The van der Waals surface area contributed by atoms with E-state index in [-0.39, 0.29) is 5.91 Å². The molecule has 4 nitrogen and oxygen atoms in total. The van der Waals surface area contributed by atoms with Crippen molar-refractivity contribution in [1.29, 1.82) is 0 Å². The lowest BCUT2D eigenvalue weighted by atomic mass is 9.88. The van der Waals surface area contributed by atoms with E-state index >= 15 is 0 Å². The third kappa shape index (κ3) is 4.09. The number of anilines is 1. The molecule has 0 aliphatic carbocycles. The molecule has 0 radical (unpaired) electrons. The third-order valence-corrected chi connectivity index (χ3v) is 5.51. The number of carbonyl (C=O) groups excluding carboxylic acids is 1. The Morgan fingerprint density at radius 2 is 2.05 bits per heavy atom. The number of benzene rings is 1. The van der Waals surface area contributed by atoms with Gasteiger partial charge in [-0.25, -0.2) is 0 Å². The van der Waals surface area contributed by atoms with Gasteiger partial charge < -0.3 is 10.6 Å². The number of hydrogen-bond acceptors (Lipinski definition) is 3. The molecule has 1 aromatic carbocycles. The molecule has 0 spiro atoms. The minimum Gasteiger partial charge on any atom is -0.324 e. The zero-order chi connectivity index (χ0) is 15.4. The van der Waals surface area contributed by atoms with Crippen LogP contribution in [-0.4, -0.2) is 43.0 Å². The lowest BCUT2D eigenvalue weighted by molar-refractivity contribution is -0.117. The second-order valence-corrected chi connectivity index (χ2v) is 7.20. The summed E-state index contributed by atoms with van der Waals surface area (Å²) in [6.07, 6.45) is 5.06. The zero-order valence-corrected chi connectivity index (χ0v) is 14.4. The maximum absolute atomic E-state index is 12.2. The Labute approximate surface area is 140 Å². The Morgan fingerprint density at radius 3 is 2.73 bits per heavy atom. The van der Waals surface area contributed by atoms with Crippen molar-refractivity contribution in [1.82, 2.24) is 10.2 Å². The Bertz CT molecular complexity index is 508. The van der Waals surface area contributed by atoms with Crippen molar-refractivity contribution in [3.63, 3.8) is 0 Å². The number of likely N-dealkylation sites (tertiary alicyclic amines) is 1. The van der Waals surface area contributed by atoms with Crippen LogP contribution in [-0.2, 0) is 4.79 Å². The Kier molecular flexibility index (Phi) is 5.50. The third-order valence-electron chi connectivity index (χ3n) is 4.81. The molecule has 1 atom stereocenters. The van der Waals surface area contributed by atoms with Gasteiger partial charge in [0.25, 0.3) is 0 Å². The molecule has 2 aliphatic rings. The van der Waals surface area contributed by atoms with Crippen LogP contribution >= 0.6 is 15.9 Å². The Morgan fingerprint density at radius 1 is 1.27 bits per heavy atom. The fourth-order valence-electron chi connectivity index (χ4n) is 3.58. The van der Waals surface area contributed by atoms with Crippen molar-refractivity contribution < 1.29 is 4.79 Å². The molecule has 1 unspecified atom stereocenters. The summed E-state index contributed by atoms with van der Waals surface area (Å²) in [7, 11) is 0. The molecule has 2 N–H and O–H groups in total. The highest BCUT2D eigenvalue weighted by Gasteiger charge is 2.28. The number of amides is 1. The van der Waals surface area contributed by atoms with E-state index in [9.17, 15) is 4.79 Å². The fraction of sp³-hybridized carbons (Fsp3) is 0.588. The van der Waals surface area contributed by atoms with Crippen LogP contribution in [0.4, 0.5) is 5.69 Å². The molecule has 1 aromatic rings. The van der Waals surface area contributed by atoms with E-state index in [1.807, 2.05) is 24.3 Å². The molecule has 5 heteroatoms. The largest absolute Gasteiger partial charge is 0.324 e. The van der Waals surface area contributed by atoms with E-state index in [0.717, 1.165) is 35.2 Å². The topological polar surface area (TPSA) is 44.4 Å². The normalized spacial score (nSPS) is 23.6. The van der Waals surface area contributed by atoms with Crippen molar-refractivity contribution in [2.75, 3.05) is 31.5 Å². The van der Waals surface area contributed by atoms with E-state index in [1.54, 1.807) is 0 Å². The number of nitrogens with zero attached hydrogens (tertiary/aromatic N) is 1. The van der Waals surface area contributed by atoms with Crippen molar-refractivity contribution >= 4 is 27.5 Å². The van der Waals surface area contributed by atoms with Crippen LogP contribution in [0.3, 0.4) is 0 Å². The van der Waals surface area contributed by atoms with E-state index in [0.29, 0.717) is 6.54 Å². The van der Waals surface area contributed by atoms with Gasteiger partial charge in [-0.1, -0.05) is 12.1 Å². The van der Waals surface area contributed by atoms with Crippen molar-refractivity contribution in [2.45, 2.75) is 31.7 Å². The van der Waals surface area contributed by atoms with Gasteiger partial charge in [0.05, 0.1) is 12.2 Å². The van der Waals surface area contributed by atoms with Crippen LogP contribution in [0.1, 0.15) is 25.7 Å². The number of halogens is 1.